The Balaban J connectivity index is 1.63. The molecule has 26 heavy (non-hydrogen) atoms. The van der Waals surface area contributed by atoms with Crippen LogP contribution in [0.1, 0.15) is 64.7 Å². The summed E-state index contributed by atoms with van der Waals surface area (Å²) in [4.78, 5) is 24.6. The molecular formula is C18H27F3N2O3. The average molecular weight is 376 g/mol. The van der Waals surface area contributed by atoms with Gasteiger partial charge in [-0.15, -0.1) is 0 Å². The van der Waals surface area contributed by atoms with E-state index in [0.29, 0.717) is 12.8 Å². The Bertz CT molecular complexity index is 566. The molecule has 3 saturated carbocycles. The zero-order valence-electron chi connectivity index (χ0n) is 15.0. The van der Waals surface area contributed by atoms with Crippen LogP contribution in [-0.2, 0) is 9.59 Å². The highest BCUT2D eigenvalue weighted by Crippen LogP contribution is 2.48. The van der Waals surface area contributed by atoms with E-state index in [0.717, 1.165) is 25.7 Å². The van der Waals surface area contributed by atoms with Gasteiger partial charge in [-0.3, -0.25) is 9.59 Å². The van der Waals surface area contributed by atoms with Gasteiger partial charge in [-0.05, 0) is 32.1 Å². The molecular weight excluding hydrogens is 349 g/mol. The van der Waals surface area contributed by atoms with Crippen molar-refractivity contribution >= 4 is 11.8 Å². The summed E-state index contributed by atoms with van der Waals surface area (Å²) in [5.41, 5.74) is -3.08. The molecule has 0 aromatic rings. The monoisotopic (exact) mass is 376 g/mol. The lowest BCUT2D eigenvalue weighted by atomic mass is 9.69. The smallest absolute Gasteiger partial charge is 0.252 e. The third-order valence-electron chi connectivity index (χ3n) is 5.84. The summed E-state index contributed by atoms with van der Waals surface area (Å²) >= 11 is 0. The largest absolute Gasteiger partial charge is 0.381 e. The van der Waals surface area contributed by atoms with E-state index in [1.54, 1.807) is 6.92 Å². The topological polar surface area (TPSA) is 78.4 Å². The number of amides is 2. The summed E-state index contributed by atoms with van der Waals surface area (Å²) in [5.74, 6) is -5.09. The van der Waals surface area contributed by atoms with Gasteiger partial charge in [0.05, 0.1) is 5.54 Å². The number of aliphatic hydroxyl groups excluding tert-OH is 1. The number of nitrogens with one attached hydrogen (secondary N) is 2. The van der Waals surface area contributed by atoms with Crippen LogP contribution < -0.4 is 10.6 Å². The van der Waals surface area contributed by atoms with Gasteiger partial charge in [0.1, 0.15) is 5.67 Å². The first kappa shape index (κ1) is 19.5. The van der Waals surface area contributed by atoms with Gasteiger partial charge >= 0.3 is 0 Å². The predicted molar refractivity (Wildman–Crippen MR) is 88.3 cm³/mol. The van der Waals surface area contributed by atoms with Crippen LogP contribution in [0.15, 0.2) is 0 Å². The lowest BCUT2D eigenvalue weighted by Gasteiger charge is -2.50. The van der Waals surface area contributed by atoms with Crippen molar-refractivity contribution in [3.63, 3.8) is 0 Å². The van der Waals surface area contributed by atoms with Gasteiger partial charge in [0.25, 0.3) is 11.8 Å². The Morgan fingerprint density at radius 2 is 1.69 bits per heavy atom. The van der Waals surface area contributed by atoms with Crippen molar-refractivity contribution in [1.29, 1.82) is 0 Å². The van der Waals surface area contributed by atoms with Crippen molar-refractivity contribution in [3.05, 3.63) is 0 Å². The third-order valence-corrected chi connectivity index (χ3v) is 5.84. The number of halogens is 3. The van der Waals surface area contributed by atoms with Crippen LogP contribution >= 0.6 is 0 Å². The molecule has 2 atom stereocenters. The Kier molecular flexibility index (Phi) is 5.01. The Morgan fingerprint density at radius 3 is 2.19 bits per heavy atom. The number of hydrogen-bond donors (Lipinski definition) is 3. The average Bonchev–Trinajstić information content (AvgIpc) is 3.23. The molecule has 0 bridgehead atoms. The van der Waals surface area contributed by atoms with Gasteiger partial charge in [0, 0.05) is 24.8 Å². The molecule has 2 amide bonds. The van der Waals surface area contributed by atoms with Crippen molar-refractivity contribution < 1.29 is 27.9 Å². The minimum Gasteiger partial charge on any atom is -0.381 e. The van der Waals surface area contributed by atoms with Crippen molar-refractivity contribution in [1.82, 2.24) is 10.6 Å². The molecule has 0 spiro atoms. The SMILES string of the molecule is CC(CC1(F)CCCC1)C(=O)NC1(C(O)C(=O)NC2CC2)CC(F)(F)C1. The summed E-state index contributed by atoms with van der Waals surface area (Å²) in [6.45, 7) is 1.55. The van der Waals surface area contributed by atoms with Crippen LogP contribution in [0, 0.1) is 5.92 Å². The molecule has 148 valence electrons. The molecule has 0 aromatic carbocycles. The van der Waals surface area contributed by atoms with Gasteiger partial charge in [0.15, 0.2) is 6.10 Å². The quantitative estimate of drug-likeness (QED) is 0.638. The summed E-state index contributed by atoms with van der Waals surface area (Å²) in [6, 6.07) is -0.0295. The number of aliphatic hydroxyl groups is 1. The van der Waals surface area contributed by atoms with Crippen molar-refractivity contribution in [3.8, 4) is 0 Å². The maximum Gasteiger partial charge on any atom is 0.252 e. The summed E-state index contributed by atoms with van der Waals surface area (Å²) in [7, 11) is 0. The second kappa shape index (κ2) is 6.69. The van der Waals surface area contributed by atoms with E-state index in [2.05, 4.69) is 10.6 Å². The highest BCUT2D eigenvalue weighted by atomic mass is 19.3. The zero-order chi connectivity index (χ0) is 19.2. The van der Waals surface area contributed by atoms with Crippen molar-refractivity contribution in [2.24, 2.45) is 5.92 Å². The van der Waals surface area contributed by atoms with Crippen LogP contribution in [-0.4, -0.2) is 46.2 Å². The van der Waals surface area contributed by atoms with Crippen LogP contribution in [0.5, 0.6) is 0 Å². The maximum atomic E-state index is 14.6. The number of carbonyl (C=O) groups excluding carboxylic acids is 2. The van der Waals surface area contributed by atoms with E-state index in [1.807, 2.05) is 0 Å². The standard InChI is InChI=1S/C18H27F3N2O3/c1-11(8-16(19)6-2-3-7-16)14(25)23-17(9-18(20,21)10-17)13(24)15(26)22-12-4-5-12/h11-13,24H,2-10H2,1H3,(H,22,26)(H,23,25). The lowest BCUT2D eigenvalue weighted by Crippen LogP contribution is -2.71. The molecule has 2 unspecified atom stereocenters. The van der Waals surface area contributed by atoms with Crippen LogP contribution in [0.4, 0.5) is 13.2 Å². The van der Waals surface area contributed by atoms with Gasteiger partial charge in [-0.25, -0.2) is 13.2 Å². The molecule has 3 fully saturated rings. The van der Waals surface area contributed by atoms with E-state index in [9.17, 15) is 27.9 Å². The first-order chi connectivity index (χ1) is 12.0. The minimum atomic E-state index is -3.04. The molecule has 0 heterocycles. The minimum absolute atomic E-state index is 0.0235. The molecule has 8 heteroatoms. The Labute approximate surface area is 151 Å². The molecule has 0 saturated heterocycles. The highest BCUT2D eigenvalue weighted by molar-refractivity contribution is 5.85. The summed E-state index contributed by atoms with van der Waals surface area (Å²) in [6.07, 6.45) is 0.646. The van der Waals surface area contributed by atoms with E-state index >= 15 is 0 Å². The molecule has 0 radical (unpaired) electrons. The van der Waals surface area contributed by atoms with Crippen molar-refractivity contribution in [2.75, 3.05) is 0 Å². The normalized spacial score (nSPS) is 27.9. The van der Waals surface area contributed by atoms with E-state index in [-0.39, 0.29) is 12.5 Å². The maximum absolute atomic E-state index is 14.6. The van der Waals surface area contributed by atoms with Gasteiger partial charge in [-0.2, -0.15) is 0 Å². The number of carbonyl (C=O) groups is 2. The fourth-order valence-corrected chi connectivity index (χ4v) is 4.20. The van der Waals surface area contributed by atoms with Gasteiger partial charge in [0.2, 0.25) is 5.91 Å². The fourth-order valence-electron chi connectivity index (χ4n) is 4.20. The van der Waals surface area contributed by atoms with Crippen LogP contribution in [0.25, 0.3) is 0 Å². The second-order valence-electron chi connectivity index (χ2n) is 8.50. The van der Waals surface area contributed by atoms with Crippen molar-refractivity contribution in [2.45, 2.75) is 94.0 Å². The van der Waals surface area contributed by atoms with Gasteiger partial charge in [-0.1, -0.05) is 19.8 Å². The number of hydrogen-bond acceptors (Lipinski definition) is 3. The molecule has 3 rings (SSSR count). The molecule has 3 aliphatic rings. The van der Waals surface area contributed by atoms with Gasteiger partial charge < -0.3 is 15.7 Å². The molecule has 0 aromatic heterocycles. The Morgan fingerprint density at radius 1 is 1.12 bits per heavy atom. The summed E-state index contributed by atoms with van der Waals surface area (Å²) < 4.78 is 41.6. The highest BCUT2D eigenvalue weighted by Gasteiger charge is 2.63. The zero-order valence-corrected chi connectivity index (χ0v) is 15.0. The Hall–Kier alpha value is -1.31. The number of alkyl halides is 3. The van der Waals surface area contributed by atoms with E-state index in [4.69, 9.17) is 0 Å². The van der Waals surface area contributed by atoms with Crippen LogP contribution in [0.3, 0.4) is 0 Å². The van der Waals surface area contributed by atoms with Crippen LogP contribution in [0.2, 0.25) is 0 Å². The molecule has 5 nitrogen and oxygen atoms in total. The predicted octanol–water partition coefficient (Wildman–Crippen LogP) is 2.22. The fraction of sp³-hybridized carbons (Fsp3) is 0.889. The molecule has 3 aliphatic carbocycles. The number of rotatable bonds is 7. The van der Waals surface area contributed by atoms with E-state index in [1.165, 1.54) is 0 Å². The second-order valence-corrected chi connectivity index (χ2v) is 8.50. The molecule has 0 aliphatic heterocycles. The first-order valence-corrected chi connectivity index (χ1v) is 9.42. The first-order valence-electron chi connectivity index (χ1n) is 9.42. The van der Waals surface area contributed by atoms with E-state index < -0.39 is 53.8 Å². The third kappa shape index (κ3) is 4.15. The molecule has 3 N–H and O–H groups in total. The summed E-state index contributed by atoms with van der Waals surface area (Å²) in [5, 5.41) is 15.4. The lowest BCUT2D eigenvalue weighted by molar-refractivity contribution is -0.179.